The van der Waals surface area contributed by atoms with Gasteiger partial charge in [-0.3, -0.25) is 0 Å². The number of methoxy groups -OCH3 is 1. The topological polar surface area (TPSA) is 131 Å². The molecule has 0 aromatic heterocycles. The Labute approximate surface area is 187 Å². The van der Waals surface area contributed by atoms with Gasteiger partial charge in [0.15, 0.2) is 0 Å². The minimum absolute atomic E-state index is 0.296. The molecule has 32 heavy (non-hydrogen) atoms. The summed E-state index contributed by atoms with van der Waals surface area (Å²) in [5.41, 5.74) is 13.7. The molecule has 0 fully saturated rings. The molecule has 0 heterocycles. The van der Waals surface area contributed by atoms with Crippen LogP contribution >= 0.6 is 0 Å². The summed E-state index contributed by atoms with van der Waals surface area (Å²) >= 11 is 0. The number of benzene rings is 2. The van der Waals surface area contributed by atoms with Crippen molar-refractivity contribution in [2.24, 2.45) is 0 Å². The molecule has 0 aliphatic heterocycles. The molecule has 0 amide bonds. The molecule has 0 bridgehead atoms. The number of esters is 3. The number of carbonyl (C=O) groups is 3. The minimum Gasteiger partial charge on any atom is -0.466 e. The van der Waals surface area contributed by atoms with E-state index in [1.54, 1.807) is 36.4 Å². The molecular weight excluding hydrogens is 412 g/mol. The molecule has 0 atom stereocenters. The number of nitrogen functional groups attached to an aromatic ring is 2. The van der Waals surface area contributed by atoms with Gasteiger partial charge in [0, 0.05) is 17.5 Å². The van der Waals surface area contributed by atoms with Crippen LogP contribution in [0, 0.1) is 0 Å². The number of anilines is 2. The zero-order chi connectivity index (χ0) is 23.3. The Morgan fingerprint density at radius 3 is 1.84 bits per heavy atom. The van der Waals surface area contributed by atoms with Gasteiger partial charge in [0.25, 0.3) is 0 Å². The van der Waals surface area contributed by atoms with Gasteiger partial charge >= 0.3 is 17.9 Å². The first-order valence-corrected chi connectivity index (χ1v) is 10.3. The maximum atomic E-state index is 12.1. The lowest BCUT2D eigenvalue weighted by Crippen LogP contribution is -2.08. The summed E-state index contributed by atoms with van der Waals surface area (Å²) in [6, 6.07) is 11.3. The Bertz CT molecular complexity index is 933. The van der Waals surface area contributed by atoms with Gasteiger partial charge in [0.2, 0.25) is 0 Å². The van der Waals surface area contributed by atoms with E-state index in [0.29, 0.717) is 48.6 Å². The minimum atomic E-state index is -0.454. The first kappa shape index (κ1) is 24.5. The van der Waals surface area contributed by atoms with Gasteiger partial charge in [-0.05, 0) is 67.7 Å². The van der Waals surface area contributed by atoms with E-state index in [1.165, 1.54) is 25.3 Å². The zero-order valence-corrected chi connectivity index (χ0v) is 18.0. The van der Waals surface area contributed by atoms with Gasteiger partial charge in [-0.2, -0.15) is 0 Å². The number of rotatable bonds is 11. The fraction of sp³-hybridized carbons (Fsp3) is 0.292. The van der Waals surface area contributed by atoms with Crippen LogP contribution in [0.5, 0.6) is 0 Å². The van der Waals surface area contributed by atoms with Gasteiger partial charge in [-0.1, -0.05) is 12.1 Å². The van der Waals surface area contributed by atoms with Crippen LogP contribution in [0.15, 0.2) is 48.5 Å². The highest BCUT2D eigenvalue weighted by molar-refractivity contribution is 5.92. The van der Waals surface area contributed by atoms with Gasteiger partial charge in [0.1, 0.15) is 0 Å². The van der Waals surface area contributed by atoms with Crippen molar-refractivity contribution < 1.29 is 28.6 Å². The van der Waals surface area contributed by atoms with E-state index in [1.807, 2.05) is 0 Å². The molecule has 8 nitrogen and oxygen atoms in total. The Kier molecular flexibility index (Phi) is 9.77. The highest BCUT2D eigenvalue weighted by Crippen LogP contribution is 2.15. The molecule has 8 heteroatoms. The number of ether oxygens (including phenoxy) is 3. The largest absolute Gasteiger partial charge is 0.466 e. The maximum absolute atomic E-state index is 12.1. The highest BCUT2D eigenvalue weighted by atomic mass is 16.5. The van der Waals surface area contributed by atoms with E-state index in [-0.39, 0.29) is 0 Å². The van der Waals surface area contributed by atoms with Crippen LogP contribution in [0.4, 0.5) is 11.4 Å². The molecule has 2 rings (SSSR count). The van der Waals surface area contributed by atoms with Crippen LogP contribution < -0.4 is 11.5 Å². The van der Waals surface area contributed by atoms with E-state index >= 15 is 0 Å². The molecule has 0 aliphatic rings. The molecule has 0 unspecified atom stereocenters. The lowest BCUT2D eigenvalue weighted by atomic mass is 10.1. The van der Waals surface area contributed by atoms with Gasteiger partial charge < -0.3 is 25.7 Å². The summed E-state index contributed by atoms with van der Waals surface area (Å²) in [4.78, 5) is 35.1. The maximum Gasteiger partial charge on any atom is 0.338 e. The Morgan fingerprint density at radius 2 is 1.31 bits per heavy atom. The zero-order valence-electron chi connectivity index (χ0n) is 18.0. The molecule has 0 spiro atoms. The summed E-state index contributed by atoms with van der Waals surface area (Å²) in [6.45, 7) is 0.606. The fourth-order valence-electron chi connectivity index (χ4n) is 2.81. The normalized spacial score (nSPS) is 10.7. The quantitative estimate of drug-likeness (QED) is 0.178. The van der Waals surface area contributed by atoms with Crippen molar-refractivity contribution in [3.63, 3.8) is 0 Å². The number of carbonyl (C=O) groups excluding carboxylic acids is 3. The van der Waals surface area contributed by atoms with Gasteiger partial charge in [-0.15, -0.1) is 0 Å². The van der Waals surface area contributed by atoms with Crippen molar-refractivity contribution >= 4 is 35.4 Å². The van der Waals surface area contributed by atoms with Crippen molar-refractivity contribution in [2.75, 3.05) is 31.8 Å². The third kappa shape index (κ3) is 8.51. The molecule has 0 aliphatic carbocycles. The molecule has 0 saturated heterocycles. The second-order valence-corrected chi connectivity index (χ2v) is 7.05. The Hall–Kier alpha value is -3.81. The smallest absolute Gasteiger partial charge is 0.338 e. The summed E-state index contributed by atoms with van der Waals surface area (Å²) in [5.74, 6) is -1.30. The molecule has 4 N–H and O–H groups in total. The van der Waals surface area contributed by atoms with Crippen LogP contribution in [0.3, 0.4) is 0 Å². The molecule has 0 radical (unpaired) electrons. The molecule has 0 saturated carbocycles. The third-order valence-corrected chi connectivity index (χ3v) is 4.48. The van der Waals surface area contributed by atoms with Crippen molar-refractivity contribution in [3.8, 4) is 0 Å². The van der Waals surface area contributed by atoms with Crippen molar-refractivity contribution in [1.82, 2.24) is 0 Å². The fourth-order valence-corrected chi connectivity index (χ4v) is 2.81. The first-order chi connectivity index (χ1) is 15.4. The second-order valence-electron chi connectivity index (χ2n) is 7.05. The summed E-state index contributed by atoms with van der Waals surface area (Å²) in [5, 5.41) is 0. The highest BCUT2D eigenvalue weighted by Gasteiger charge is 2.09. The monoisotopic (exact) mass is 440 g/mol. The number of hydrogen-bond donors (Lipinski definition) is 2. The van der Waals surface area contributed by atoms with Crippen molar-refractivity contribution in [3.05, 3.63) is 65.2 Å². The molecule has 2 aromatic rings. The van der Waals surface area contributed by atoms with E-state index in [2.05, 4.69) is 4.74 Å². The second kappa shape index (κ2) is 12.8. The summed E-state index contributed by atoms with van der Waals surface area (Å²) in [6.07, 6.45) is 6.01. The lowest BCUT2D eigenvalue weighted by Gasteiger charge is -2.07. The Balaban J connectivity index is 1.58. The molecule has 2 aromatic carbocycles. The average molecular weight is 440 g/mol. The van der Waals surface area contributed by atoms with E-state index < -0.39 is 17.9 Å². The summed E-state index contributed by atoms with van der Waals surface area (Å²) < 4.78 is 15.0. The number of unbranched alkanes of at least 4 members (excludes halogenated alkanes) is 3. The van der Waals surface area contributed by atoms with Crippen LogP contribution in [0.1, 0.15) is 52.0 Å². The van der Waals surface area contributed by atoms with Crippen LogP contribution in [0.2, 0.25) is 0 Å². The molecular formula is C24H28N2O6. The van der Waals surface area contributed by atoms with Crippen LogP contribution in [-0.2, 0) is 19.0 Å². The lowest BCUT2D eigenvalue weighted by molar-refractivity contribution is -0.134. The standard InChI is InChI=1S/C24H28N2O6/c1-30-22(27)11-8-17-6-9-18(10-7-17)23(28)31-12-4-2-3-5-13-32-24(29)19-14-20(25)16-21(26)15-19/h6-11,14-16H,2-5,12-13,25-26H2,1H3/b11-8+. The van der Waals surface area contributed by atoms with Crippen molar-refractivity contribution in [1.29, 1.82) is 0 Å². The SMILES string of the molecule is COC(=O)/C=C/c1ccc(C(=O)OCCCCCCOC(=O)c2cc(N)cc(N)c2)cc1. The number of hydrogen-bond acceptors (Lipinski definition) is 8. The van der Waals surface area contributed by atoms with E-state index in [4.69, 9.17) is 20.9 Å². The van der Waals surface area contributed by atoms with Gasteiger partial charge in [0.05, 0.1) is 31.5 Å². The molecule has 170 valence electrons. The van der Waals surface area contributed by atoms with Crippen molar-refractivity contribution in [2.45, 2.75) is 25.7 Å². The third-order valence-electron chi connectivity index (χ3n) is 4.48. The van der Waals surface area contributed by atoms with Crippen LogP contribution in [0.25, 0.3) is 6.08 Å². The summed E-state index contributed by atoms with van der Waals surface area (Å²) in [7, 11) is 1.31. The van der Waals surface area contributed by atoms with E-state index in [9.17, 15) is 14.4 Å². The predicted octanol–water partition coefficient (Wildman–Crippen LogP) is 3.61. The van der Waals surface area contributed by atoms with E-state index in [0.717, 1.165) is 18.4 Å². The first-order valence-electron chi connectivity index (χ1n) is 10.3. The predicted molar refractivity (Wildman–Crippen MR) is 122 cm³/mol. The average Bonchev–Trinajstić information content (AvgIpc) is 2.78. The van der Waals surface area contributed by atoms with Gasteiger partial charge in [-0.25, -0.2) is 14.4 Å². The Morgan fingerprint density at radius 1 is 0.781 bits per heavy atom. The number of nitrogens with two attached hydrogens (primary N) is 2. The van der Waals surface area contributed by atoms with Crippen LogP contribution in [-0.4, -0.2) is 38.2 Å².